The monoisotopic (exact) mass is 366 g/mol. The normalized spacial score (nSPS) is 12.8. The van der Waals surface area contributed by atoms with Crippen LogP contribution in [-0.4, -0.2) is 20.4 Å². The highest BCUT2D eigenvalue weighted by atomic mass is 32.2. The lowest BCUT2D eigenvalue weighted by Gasteiger charge is -2.13. The first-order chi connectivity index (χ1) is 11.4. The summed E-state index contributed by atoms with van der Waals surface area (Å²) < 4.78 is 27.8. The van der Waals surface area contributed by atoms with Gasteiger partial charge in [-0.25, -0.2) is 13.1 Å². The van der Waals surface area contributed by atoms with Crippen molar-refractivity contribution in [3.05, 3.63) is 52.9 Å². The molecule has 0 aliphatic rings. The Kier molecular flexibility index (Phi) is 6.53. The Morgan fingerprint density at radius 1 is 1.17 bits per heavy atom. The average molecular weight is 367 g/mol. The zero-order valence-electron chi connectivity index (χ0n) is 13.8. The maximum absolute atomic E-state index is 12.4. The molecule has 5 nitrogen and oxygen atoms in total. The molecule has 0 aliphatic heterocycles. The Morgan fingerprint density at radius 2 is 1.88 bits per heavy atom. The minimum atomic E-state index is -3.53. The number of rotatable bonds is 8. The number of carbonyl (C=O) groups is 1. The van der Waals surface area contributed by atoms with Crippen LogP contribution < -0.4 is 10.0 Å². The van der Waals surface area contributed by atoms with Crippen LogP contribution in [0.2, 0.25) is 0 Å². The Labute approximate surface area is 147 Å². The van der Waals surface area contributed by atoms with Crippen LogP contribution in [0.1, 0.15) is 30.7 Å². The zero-order valence-corrected chi connectivity index (χ0v) is 15.4. The third-order valence-electron chi connectivity index (χ3n) is 3.48. The minimum absolute atomic E-state index is 0.138. The molecule has 0 bridgehead atoms. The molecule has 7 heteroatoms. The molecule has 1 unspecified atom stereocenters. The van der Waals surface area contributed by atoms with Crippen LogP contribution in [0.25, 0.3) is 0 Å². The predicted octanol–water partition coefficient (Wildman–Crippen LogP) is 2.68. The predicted molar refractivity (Wildman–Crippen MR) is 96.4 cm³/mol. The summed E-state index contributed by atoms with van der Waals surface area (Å²) in [6.07, 6.45) is 1.55. The molecule has 24 heavy (non-hydrogen) atoms. The van der Waals surface area contributed by atoms with Gasteiger partial charge in [-0.1, -0.05) is 30.3 Å². The van der Waals surface area contributed by atoms with E-state index in [1.165, 1.54) is 23.8 Å². The van der Waals surface area contributed by atoms with Crippen molar-refractivity contribution in [3.63, 3.8) is 0 Å². The molecular formula is C17H22N2O3S2. The van der Waals surface area contributed by atoms with Crippen molar-refractivity contribution in [1.29, 1.82) is 0 Å². The van der Waals surface area contributed by atoms with Gasteiger partial charge in [0.2, 0.25) is 15.9 Å². The number of carbonyl (C=O) groups excluding carboxylic acids is 1. The van der Waals surface area contributed by atoms with E-state index in [0.29, 0.717) is 6.54 Å². The number of benzene rings is 1. The summed E-state index contributed by atoms with van der Waals surface area (Å²) in [5.74, 6) is -0.138. The number of hydrogen-bond acceptors (Lipinski definition) is 4. The molecule has 2 N–H and O–H groups in total. The van der Waals surface area contributed by atoms with E-state index in [1.54, 1.807) is 12.1 Å². The molecule has 0 spiro atoms. The Morgan fingerprint density at radius 3 is 2.54 bits per heavy atom. The van der Waals surface area contributed by atoms with Gasteiger partial charge in [0.15, 0.2) is 0 Å². The molecule has 0 aliphatic carbocycles. The maximum Gasteiger partial charge on any atom is 0.250 e. The molecule has 2 aromatic rings. The van der Waals surface area contributed by atoms with Gasteiger partial charge in [0.05, 0.1) is 6.54 Å². The van der Waals surface area contributed by atoms with Crippen molar-refractivity contribution in [3.8, 4) is 0 Å². The van der Waals surface area contributed by atoms with Gasteiger partial charge in [-0.3, -0.25) is 4.79 Å². The number of sulfonamides is 1. The first kappa shape index (κ1) is 18.6. The third kappa shape index (κ3) is 5.74. The SMILES string of the molecule is CC(=O)NCc1ccc(S(=O)(=O)NC(C)CCc2ccccc2)s1. The maximum atomic E-state index is 12.4. The van der Waals surface area contributed by atoms with Crippen LogP contribution in [0.15, 0.2) is 46.7 Å². The summed E-state index contributed by atoms with van der Waals surface area (Å²) in [5, 5.41) is 2.66. The van der Waals surface area contributed by atoms with E-state index in [2.05, 4.69) is 10.0 Å². The Bertz CT molecular complexity index is 770. The van der Waals surface area contributed by atoms with Crippen molar-refractivity contribution in [2.75, 3.05) is 0 Å². The molecule has 1 atom stereocenters. The van der Waals surface area contributed by atoms with Gasteiger partial charge in [-0.15, -0.1) is 11.3 Å². The van der Waals surface area contributed by atoms with Gasteiger partial charge in [0.1, 0.15) is 4.21 Å². The molecule has 0 saturated carbocycles. The van der Waals surface area contributed by atoms with Crippen molar-refractivity contribution >= 4 is 27.3 Å². The highest BCUT2D eigenvalue weighted by Gasteiger charge is 2.19. The van der Waals surface area contributed by atoms with E-state index >= 15 is 0 Å². The third-order valence-corrected chi connectivity index (χ3v) is 6.65. The quantitative estimate of drug-likeness (QED) is 0.754. The summed E-state index contributed by atoms with van der Waals surface area (Å²) in [6.45, 7) is 3.65. The fraction of sp³-hybridized carbons (Fsp3) is 0.353. The largest absolute Gasteiger partial charge is 0.351 e. The number of amides is 1. The van der Waals surface area contributed by atoms with Crippen molar-refractivity contribution in [2.24, 2.45) is 0 Å². The highest BCUT2D eigenvalue weighted by Crippen LogP contribution is 2.22. The molecule has 0 radical (unpaired) electrons. The van der Waals surface area contributed by atoms with Gasteiger partial charge in [-0.05, 0) is 37.5 Å². The van der Waals surface area contributed by atoms with Crippen LogP contribution in [0.3, 0.4) is 0 Å². The topological polar surface area (TPSA) is 75.3 Å². The number of nitrogens with one attached hydrogen (secondary N) is 2. The van der Waals surface area contributed by atoms with Crippen LogP contribution in [-0.2, 0) is 27.8 Å². The smallest absolute Gasteiger partial charge is 0.250 e. The van der Waals surface area contributed by atoms with Crippen molar-refractivity contribution < 1.29 is 13.2 Å². The molecule has 1 heterocycles. The van der Waals surface area contributed by atoms with Gasteiger partial charge in [-0.2, -0.15) is 0 Å². The Balaban J connectivity index is 1.91. The standard InChI is InChI=1S/C17H22N2O3S2/c1-13(8-9-15-6-4-3-5-7-15)19-24(21,22)17-11-10-16(23-17)12-18-14(2)20/h3-7,10-11,13,19H,8-9,12H2,1-2H3,(H,18,20). The molecule has 1 aromatic carbocycles. The van der Waals surface area contributed by atoms with E-state index in [-0.39, 0.29) is 16.2 Å². The van der Waals surface area contributed by atoms with E-state index in [0.717, 1.165) is 17.7 Å². The lowest BCUT2D eigenvalue weighted by atomic mass is 10.1. The zero-order chi connectivity index (χ0) is 17.6. The first-order valence-corrected chi connectivity index (χ1v) is 10.1. The van der Waals surface area contributed by atoms with Crippen LogP contribution >= 0.6 is 11.3 Å². The Hall–Kier alpha value is -1.70. The highest BCUT2D eigenvalue weighted by molar-refractivity contribution is 7.91. The number of aryl methyl sites for hydroxylation is 1. The molecule has 1 amide bonds. The number of hydrogen-bond donors (Lipinski definition) is 2. The van der Waals surface area contributed by atoms with Crippen molar-refractivity contribution in [2.45, 2.75) is 43.5 Å². The fourth-order valence-electron chi connectivity index (χ4n) is 2.22. The van der Waals surface area contributed by atoms with Gasteiger partial charge in [0.25, 0.3) is 0 Å². The van der Waals surface area contributed by atoms with E-state index < -0.39 is 10.0 Å². The van der Waals surface area contributed by atoms with Gasteiger partial charge >= 0.3 is 0 Å². The molecule has 0 saturated heterocycles. The molecule has 1 aromatic heterocycles. The molecule has 130 valence electrons. The summed E-state index contributed by atoms with van der Waals surface area (Å²) in [5.41, 5.74) is 1.19. The second-order valence-corrected chi connectivity index (χ2v) is 8.79. The van der Waals surface area contributed by atoms with Gasteiger partial charge in [0, 0.05) is 17.8 Å². The molecule has 0 fully saturated rings. The average Bonchev–Trinajstić information content (AvgIpc) is 3.01. The molecular weight excluding hydrogens is 344 g/mol. The fourth-order valence-corrected chi connectivity index (χ4v) is 4.81. The van der Waals surface area contributed by atoms with Gasteiger partial charge < -0.3 is 5.32 Å². The molecule has 2 rings (SSSR count). The first-order valence-electron chi connectivity index (χ1n) is 7.76. The minimum Gasteiger partial charge on any atom is -0.351 e. The van der Waals surface area contributed by atoms with E-state index in [9.17, 15) is 13.2 Å². The van der Waals surface area contributed by atoms with E-state index in [4.69, 9.17) is 0 Å². The number of thiophene rings is 1. The summed E-state index contributed by atoms with van der Waals surface area (Å²) in [6, 6.07) is 13.1. The van der Waals surface area contributed by atoms with Crippen molar-refractivity contribution in [1.82, 2.24) is 10.0 Å². The summed E-state index contributed by atoms with van der Waals surface area (Å²) in [4.78, 5) is 11.7. The van der Waals surface area contributed by atoms with E-state index in [1.807, 2.05) is 37.3 Å². The van der Waals surface area contributed by atoms with Crippen LogP contribution in [0.5, 0.6) is 0 Å². The second-order valence-electron chi connectivity index (χ2n) is 5.68. The summed E-state index contributed by atoms with van der Waals surface area (Å²) in [7, 11) is -3.53. The lowest BCUT2D eigenvalue weighted by molar-refractivity contribution is -0.119. The second kappa shape index (κ2) is 8.41. The summed E-state index contributed by atoms with van der Waals surface area (Å²) >= 11 is 1.17. The lowest BCUT2D eigenvalue weighted by Crippen LogP contribution is -2.32. The van der Waals surface area contributed by atoms with Crippen LogP contribution in [0, 0.1) is 0 Å². The van der Waals surface area contributed by atoms with Crippen LogP contribution in [0.4, 0.5) is 0 Å².